The summed E-state index contributed by atoms with van der Waals surface area (Å²) in [5.41, 5.74) is 1.81. The minimum Gasteiger partial charge on any atom is -0.334 e. The van der Waals surface area contributed by atoms with Crippen LogP contribution in [0.3, 0.4) is 0 Å². The van der Waals surface area contributed by atoms with Gasteiger partial charge >= 0.3 is 6.03 Å². The van der Waals surface area contributed by atoms with E-state index in [9.17, 15) is 13.2 Å². The molecule has 8 heteroatoms. The SMILES string of the molecule is CCS(=O)(=O)Nc1ccc(NC(=O)NCc2ccccc2Cl)cc1. The Morgan fingerprint density at radius 2 is 1.67 bits per heavy atom. The van der Waals surface area contributed by atoms with Gasteiger partial charge in [0.15, 0.2) is 0 Å². The molecule has 0 aromatic heterocycles. The van der Waals surface area contributed by atoms with Crippen LogP contribution in [-0.2, 0) is 16.6 Å². The molecule has 0 radical (unpaired) electrons. The molecule has 0 aliphatic carbocycles. The molecule has 0 saturated carbocycles. The van der Waals surface area contributed by atoms with Gasteiger partial charge in [0.1, 0.15) is 0 Å². The number of hydrogen-bond donors (Lipinski definition) is 3. The maximum atomic E-state index is 11.9. The minimum atomic E-state index is -3.31. The lowest BCUT2D eigenvalue weighted by Gasteiger charge is -2.10. The number of halogens is 1. The van der Waals surface area contributed by atoms with Gasteiger partial charge in [0, 0.05) is 22.9 Å². The molecule has 0 aliphatic rings. The summed E-state index contributed by atoms with van der Waals surface area (Å²) in [6.07, 6.45) is 0. The van der Waals surface area contributed by atoms with E-state index >= 15 is 0 Å². The maximum Gasteiger partial charge on any atom is 0.319 e. The number of nitrogens with one attached hydrogen (secondary N) is 3. The highest BCUT2D eigenvalue weighted by Crippen LogP contribution is 2.16. The lowest BCUT2D eigenvalue weighted by molar-refractivity contribution is 0.251. The molecule has 0 spiro atoms. The summed E-state index contributed by atoms with van der Waals surface area (Å²) in [7, 11) is -3.31. The van der Waals surface area contributed by atoms with Crippen LogP contribution in [0, 0.1) is 0 Å². The molecule has 0 unspecified atom stereocenters. The molecule has 3 N–H and O–H groups in total. The average Bonchev–Trinajstić information content (AvgIpc) is 2.56. The second-order valence-corrected chi connectivity index (χ2v) is 7.40. The Morgan fingerprint density at radius 1 is 1.04 bits per heavy atom. The van der Waals surface area contributed by atoms with E-state index in [2.05, 4.69) is 15.4 Å². The zero-order valence-electron chi connectivity index (χ0n) is 13.0. The molecule has 0 saturated heterocycles. The van der Waals surface area contributed by atoms with Crippen LogP contribution in [0.4, 0.5) is 16.2 Å². The van der Waals surface area contributed by atoms with Crippen LogP contribution >= 0.6 is 11.6 Å². The van der Waals surface area contributed by atoms with Gasteiger partial charge in [-0.25, -0.2) is 13.2 Å². The number of amides is 2. The maximum absolute atomic E-state index is 11.9. The van der Waals surface area contributed by atoms with Gasteiger partial charge in [-0.2, -0.15) is 0 Å². The van der Waals surface area contributed by atoms with Gasteiger partial charge < -0.3 is 10.6 Å². The first-order valence-corrected chi connectivity index (χ1v) is 9.31. The average molecular weight is 368 g/mol. The highest BCUT2D eigenvalue weighted by molar-refractivity contribution is 7.92. The van der Waals surface area contributed by atoms with Crippen molar-refractivity contribution < 1.29 is 13.2 Å². The van der Waals surface area contributed by atoms with Crippen molar-refractivity contribution in [3.63, 3.8) is 0 Å². The van der Waals surface area contributed by atoms with E-state index in [0.29, 0.717) is 22.9 Å². The Kier molecular flexibility index (Phi) is 6.05. The van der Waals surface area contributed by atoms with Crippen molar-refractivity contribution in [3.8, 4) is 0 Å². The largest absolute Gasteiger partial charge is 0.334 e. The van der Waals surface area contributed by atoms with Crippen molar-refractivity contribution in [2.75, 3.05) is 15.8 Å². The molecular weight excluding hydrogens is 350 g/mol. The normalized spacial score (nSPS) is 10.9. The van der Waals surface area contributed by atoms with Gasteiger partial charge in [0.05, 0.1) is 5.75 Å². The molecule has 0 fully saturated rings. The molecule has 0 heterocycles. The summed E-state index contributed by atoms with van der Waals surface area (Å²) >= 11 is 6.02. The fourth-order valence-corrected chi connectivity index (χ4v) is 2.71. The predicted octanol–water partition coefficient (Wildman–Crippen LogP) is 3.42. The number of hydrogen-bond acceptors (Lipinski definition) is 3. The Morgan fingerprint density at radius 3 is 2.29 bits per heavy atom. The first-order valence-electron chi connectivity index (χ1n) is 7.28. The third-order valence-electron chi connectivity index (χ3n) is 3.19. The van der Waals surface area contributed by atoms with Crippen LogP contribution in [0.5, 0.6) is 0 Å². The number of anilines is 2. The highest BCUT2D eigenvalue weighted by atomic mass is 35.5. The molecule has 128 valence electrons. The Bertz CT molecular complexity index is 808. The van der Waals surface area contributed by atoms with Crippen LogP contribution in [0.2, 0.25) is 5.02 Å². The van der Waals surface area contributed by atoms with E-state index in [1.54, 1.807) is 37.3 Å². The second-order valence-electron chi connectivity index (χ2n) is 4.98. The zero-order chi connectivity index (χ0) is 17.6. The summed E-state index contributed by atoms with van der Waals surface area (Å²) in [6.45, 7) is 1.86. The lowest BCUT2D eigenvalue weighted by Crippen LogP contribution is -2.28. The predicted molar refractivity (Wildman–Crippen MR) is 96.8 cm³/mol. The number of sulfonamides is 1. The van der Waals surface area contributed by atoms with Crippen molar-refractivity contribution in [1.29, 1.82) is 0 Å². The van der Waals surface area contributed by atoms with Crippen molar-refractivity contribution >= 4 is 39.0 Å². The molecular formula is C16H18ClN3O3S. The van der Waals surface area contributed by atoms with Crippen molar-refractivity contribution in [3.05, 3.63) is 59.1 Å². The molecule has 6 nitrogen and oxygen atoms in total. The quantitative estimate of drug-likeness (QED) is 0.731. The van der Waals surface area contributed by atoms with Gasteiger partial charge in [-0.3, -0.25) is 4.72 Å². The van der Waals surface area contributed by atoms with Gasteiger partial charge in [-0.1, -0.05) is 29.8 Å². The van der Waals surface area contributed by atoms with Gasteiger partial charge in [0.25, 0.3) is 0 Å². The van der Waals surface area contributed by atoms with Crippen molar-refractivity contribution in [1.82, 2.24) is 5.32 Å². The molecule has 0 aliphatic heterocycles. The van der Waals surface area contributed by atoms with E-state index in [-0.39, 0.29) is 11.8 Å². The third kappa shape index (κ3) is 5.43. The van der Waals surface area contributed by atoms with Crippen molar-refractivity contribution in [2.24, 2.45) is 0 Å². The molecule has 0 atom stereocenters. The van der Waals surface area contributed by atoms with Gasteiger partial charge in [0.2, 0.25) is 10.0 Å². The van der Waals surface area contributed by atoms with Crippen molar-refractivity contribution in [2.45, 2.75) is 13.5 Å². The monoisotopic (exact) mass is 367 g/mol. The van der Waals surface area contributed by atoms with E-state index < -0.39 is 10.0 Å². The topological polar surface area (TPSA) is 87.3 Å². The fourth-order valence-electron chi connectivity index (χ4n) is 1.87. The summed E-state index contributed by atoms with van der Waals surface area (Å²) < 4.78 is 25.4. The van der Waals surface area contributed by atoms with Crippen LogP contribution in [0.15, 0.2) is 48.5 Å². The van der Waals surface area contributed by atoms with Crippen LogP contribution in [0.25, 0.3) is 0 Å². The van der Waals surface area contributed by atoms with E-state index in [0.717, 1.165) is 5.56 Å². The first-order chi connectivity index (χ1) is 11.4. The van der Waals surface area contributed by atoms with Gasteiger partial charge in [-0.15, -0.1) is 0 Å². The lowest BCUT2D eigenvalue weighted by atomic mass is 10.2. The number of carbonyl (C=O) groups excluding carboxylic acids is 1. The Hall–Kier alpha value is -2.25. The summed E-state index contributed by atoms with van der Waals surface area (Å²) in [4.78, 5) is 11.9. The standard InChI is InChI=1S/C16H18ClN3O3S/c1-2-24(22,23)20-14-9-7-13(8-10-14)19-16(21)18-11-12-5-3-4-6-15(12)17/h3-10,20H,2,11H2,1H3,(H2,18,19,21). The molecule has 24 heavy (non-hydrogen) atoms. The molecule has 0 bridgehead atoms. The van der Waals surface area contributed by atoms with E-state index in [1.165, 1.54) is 0 Å². The van der Waals surface area contributed by atoms with E-state index in [4.69, 9.17) is 11.6 Å². The number of benzene rings is 2. The summed E-state index contributed by atoms with van der Waals surface area (Å²) in [5.74, 6) is -0.00253. The molecule has 2 aromatic carbocycles. The summed E-state index contributed by atoms with van der Waals surface area (Å²) in [5, 5.41) is 5.96. The zero-order valence-corrected chi connectivity index (χ0v) is 14.6. The van der Waals surface area contributed by atoms with Crippen LogP contribution < -0.4 is 15.4 Å². The fraction of sp³-hybridized carbons (Fsp3) is 0.188. The third-order valence-corrected chi connectivity index (χ3v) is 4.87. The molecule has 2 amide bonds. The number of carbonyl (C=O) groups is 1. The highest BCUT2D eigenvalue weighted by Gasteiger charge is 2.07. The second kappa shape index (κ2) is 8.03. The Labute approximate surface area is 146 Å². The first kappa shape index (κ1) is 18.1. The van der Waals surface area contributed by atoms with E-state index in [1.807, 2.05) is 18.2 Å². The number of rotatable bonds is 6. The Balaban J connectivity index is 1.89. The minimum absolute atomic E-state index is 0.00253. The van der Waals surface area contributed by atoms with Crippen LogP contribution in [0.1, 0.15) is 12.5 Å². The molecule has 2 rings (SSSR count). The van der Waals surface area contributed by atoms with Crippen LogP contribution in [-0.4, -0.2) is 20.2 Å². The summed E-state index contributed by atoms with van der Waals surface area (Å²) in [6, 6.07) is 13.3. The smallest absolute Gasteiger partial charge is 0.319 e. The van der Waals surface area contributed by atoms with Gasteiger partial charge in [-0.05, 0) is 42.8 Å². The number of urea groups is 1. The molecule has 2 aromatic rings.